The second-order valence-electron chi connectivity index (χ2n) is 5.98. The van der Waals surface area contributed by atoms with Crippen LogP contribution in [0.3, 0.4) is 0 Å². The molecule has 0 aliphatic carbocycles. The van der Waals surface area contributed by atoms with Crippen LogP contribution in [0.2, 0.25) is 0 Å². The topological polar surface area (TPSA) is 32.3 Å². The molecule has 2 atom stereocenters. The highest BCUT2D eigenvalue weighted by Gasteiger charge is 2.31. The summed E-state index contributed by atoms with van der Waals surface area (Å²) in [6, 6.07) is 5.06. The summed E-state index contributed by atoms with van der Waals surface area (Å²) >= 11 is 3.31. The lowest BCUT2D eigenvalue weighted by atomic mass is 9.89. The number of halogens is 2. The van der Waals surface area contributed by atoms with Crippen LogP contribution in [-0.4, -0.2) is 36.5 Å². The van der Waals surface area contributed by atoms with Crippen LogP contribution < -0.4 is 5.32 Å². The quantitative estimate of drug-likeness (QED) is 0.884. The summed E-state index contributed by atoms with van der Waals surface area (Å²) in [5.41, 5.74) is 0.171. The molecule has 1 amide bonds. The Morgan fingerprint density at radius 3 is 2.95 bits per heavy atom. The second-order valence-corrected chi connectivity index (χ2v) is 6.90. The average Bonchev–Trinajstić information content (AvgIpc) is 3.03. The summed E-state index contributed by atoms with van der Waals surface area (Å²) < 4.78 is 14.6. The first kappa shape index (κ1) is 15.0. The smallest absolute Gasteiger partial charge is 0.256 e. The maximum absolute atomic E-state index is 13.9. The van der Waals surface area contributed by atoms with Gasteiger partial charge < -0.3 is 10.2 Å². The molecule has 114 valence electrons. The van der Waals surface area contributed by atoms with Crippen LogP contribution >= 0.6 is 15.9 Å². The van der Waals surface area contributed by atoms with E-state index in [9.17, 15) is 9.18 Å². The Morgan fingerprint density at radius 1 is 1.33 bits per heavy atom. The van der Waals surface area contributed by atoms with Crippen LogP contribution in [0.15, 0.2) is 22.7 Å². The number of carbonyl (C=O) groups is 1. The van der Waals surface area contributed by atoms with Crippen molar-refractivity contribution < 1.29 is 9.18 Å². The number of carbonyl (C=O) groups excluding carboxylic acids is 1. The van der Waals surface area contributed by atoms with Crippen LogP contribution in [0.4, 0.5) is 4.39 Å². The van der Waals surface area contributed by atoms with Crippen molar-refractivity contribution in [2.24, 2.45) is 5.92 Å². The van der Waals surface area contributed by atoms with Crippen molar-refractivity contribution in [2.75, 3.05) is 19.6 Å². The van der Waals surface area contributed by atoms with Gasteiger partial charge in [0.1, 0.15) is 5.82 Å². The molecule has 0 bridgehead atoms. The maximum atomic E-state index is 13.9. The molecule has 1 aromatic carbocycles. The molecule has 5 heteroatoms. The number of rotatable bonds is 2. The zero-order chi connectivity index (χ0) is 14.8. The first-order valence-electron chi connectivity index (χ1n) is 7.63. The monoisotopic (exact) mass is 354 g/mol. The summed E-state index contributed by atoms with van der Waals surface area (Å²) in [5, 5.41) is 3.53. The molecule has 2 aliphatic heterocycles. The van der Waals surface area contributed by atoms with Crippen molar-refractivity contribution in [3.8, 4) is 0 Å². The molecule has 21 heavy (non-hydrogen) atoms. The Balaban J connectivity index is 1.73. The molecule has 2 heterocycles. The van der Waals surface area contributed by atoms with Crippen LogP contribution in [0.25, 0.3) is 0 Å². The normalized spacial score (nSPS) is 26.1. The predicted molar refractivity (Wildman–Crippen MR) is 83.8 cm³/mol. The summed E-state index contributed by atoms with van der Waals surface area (Å²) in [4.78, 5) is 14.4. The number of likely N-dealkylation sites (tertiary alicyclic amines) is 1. The molecule has 3 nitrogen and oxygen atoms in total. The van der Waals surface area contributed by atoms with Gasteiger partial charge in [-0.15, -0.1) is 0 Å². The van der Waals surface area contributed by atoms with Crippen LogP contribution in [0.5, 0.6) is 0 Å². The predicted octanol–water partition coefficient (Wildman–Crippen LogP) is 3.19. The largest absolute Gasteiger partial charge is 0.338 e. The maximum Gasteiger partial charge on any atom is 0.256 e. The van der Waals surface area contributed by atoms with Crippen LogP contribution in [0.1, 0.15) is 36.0 Å². The van der Waals surface area contributed by atoms with Crippen molar-refractivity contribution in [2.45, 2.75) is 31.7 Å². The fourth-order valence-electron chi connectivity index (χ4n) is 3.47. The van der Waals surface area contributed by atoms with E-state index in [1.807, 2.05) is 4.90 Å². The van der Waals surface area contributed by atoms with E-state index in [1.165, 1.54) is 18.9 Å². The van der Waals surface area contributed by atoms with Crippen molar-refractivity contribution >= 4 is 21.8 Å². The highest BCUT2D eigenvalue weighted by molar-refractivity contribution is 9.10. The third-order valence-electron chi connectivity index (χ3n) is 4.57. The van der Waals surface area contributed by atoms with E-state index in [0.29, 0.717) is 12.0 Å². The van der Waals surface area contributed by atoms with Gasteiger partial charge in [-0.1, -0.05) is 15.9 Å². The molecule has 1 N–H and O–H groups in total. The van der Waals surface area contributed by atoms with Gasteiger partial charge in [0.05, 0.1) is 5.56 Å². The highest BCUT2D eigenvalue weighted by atomic mass is 79.9. The Kier molecular flexibility index (Phi) is 4.60. The van der Waals surface area contributed by atoms with Gasteiger partial charge in [-0.2, -0.15) is 0 Å². The Morgan fingerprint density at radius 2 is 2.19 bits per heavy atom. The lowest BCUT2D eigenvalue weighted by molar-refractivity contribution is 0.0646. The molecule has 2 aliphatic rings. The van der Waals surface area contributed by atoms with Crippen molar-refractivity contribution in [3.05, 3.63) is 34.1 Å². The zero-order valence-corrected chi connectivity index (χ0v) is 13.5. The van der Waals surface area contributed by atoms with E-state index < -0.39 is 5.82 Å². The third kappa shape index (κ3) is 3.29. The van der Waals surface area contributed by atoms with E-state index in [4.69, 9.17) is 0 Å². The number of nitrogens with one attached hydrogen (secondary N) is 1. The minimum atomic E-state index is -0.440. The molecular weight excluding hydrogens is 335 g/mol. The number of hydrogen-bond acceptors (Lipinski definition) is 2. The van der Waals surface area contributed by atoms with Crippen molar-refractivity contribution in [1.29, 1.82) is 0 Å². The minimum absolute atomic E-state index is 0.171. The van der Waals surface area contributed by atoms with E-state index in [2.05, 4.69) is 21.2 Å². The van der Waals surface area contributed by atoms with Gasteiger partial charge in [0.25, 0.3) is 5.91 Å². The minimum Gasteiger partial charge on any atom is -0.338 e. The van der Waals surface area contributed by atoms with E-state index in [-0.39, 0.29) is 11.5 Å². The van der Waals surface area contributed by atoms with Crippen molar-refractivity contribution in [3.63, 3.8) is 0 Å². The van der Waals surface area contributed by atoms with Crippen LogP contribution in [-0.2, 0) is 0 Å². The SMILES string of the molecule is O=C(c1cc(Br)ccc1F)N1CCCC(C2CCCN2)C1. The van der Waals surface area contributed by atoms with Gasteiger partial charge in [0, 0.05) is 23.6 Å². The molecule has 2 saturated heterocycles. The average molecular weight is 355 g/mol. The standard InChI is InChI=1S/C16H20BrFN2O/c17-12-5-6-14(18)13(9-12)16(21)20-8-2-3-11(10-20)15-4-1-7-19-15/h5-6,9,11,15,19H,1-4,7-8,10H2. The van der Waals surface area contributed by atoms with E-state index >= 15 is 0 Å². The summed E-state index contributed by atoms with van der Waals surface area (Å²) in [6.07, 6.45) is 4.57. The van der Waals surface area contributed by atoms with Gasteiger partial charge >= 0.3 is 0 Å². The molecular formula is C16H20BrFN2O. The number of hydrogen-bond donors (Lipinski definition) is 1. The molecule has 0 radical (unpaired) electrons. The molecule has 2 unspecified atom stereocenters. The highest BCUT2D eigenvalue weighted by Crippen LogP contribution is 2.26. The summed E-state index contributed by atoms with van der Waals surface area (Å²) in [5.74, 6) is -0.124. The number of benzene rings is 1. The molecule has 3 rings (SSSR count). The van der Waals surface area contributed by atoms with Gasteiger partial charge in [-0.05, 0) is 56.3 Å². The van der Waals surface area contributed by atoms with E-state index in [0.717, 1.165) is 36.9 Å². The number of nitrogens with zero attached hydrogens (tertiary/aromatic N) is 1. The third-order valence-corrected chi connectivity index (χ3v) is 5.06. The van der Waals surface area contributed by atoms with Crippen LogP contribution in [0, 0.1) is 11.7 Å². The Bertz CT molecular complexity index is 531. The molecule has 0 spiro atoms. The first-order valence-corrected chi connectivity index (χ1v) is 8.42. The lowest BCUT2D eigenvalue weighted by Crippen LogP contribution is -2.46. The summed E-state index contributed by atoms with van der Waals surface area (Å²) in [7, 11) is 0. The number of piperidine rings is 1. The van der Waals surface area contributed by atoms with Gasteiger partial charge in [-0.25, -0.2) is 4.39 Å². The van der Waals surface area contributed by atoms with Gasteiger partial charge in [0.2, 0.25) is 0 Å². The fourth-order valence-corrected chi connectivity index (χ4v) is 3.83. The first-order chi connectivity index (χ1) is 10.1. The fraction of sp³-hybridized carbons (Fsp3) is 0.562. The van der Waals surface area contributed by atoms with Gasteiger partial charge in [0.15, 0.2) is 0 Å². The molecule has 0 aromatic heterocycles. The Hall–Kier alpha value is -0.940. The van der Waals surface area contributed by atoms with E-state index in [1.54, 1.807) is 12.1 Å². The molecule has 2 fully saturated rings. The molecule has 0 saturated carbocycles. The molecule has 1 aromatic rings. The lowest BCUT2D eigenvalue weighted by Gasteiger charge is -2.36. The van der Waals surface area contributed by atoms with Gasteiger partial charge in [-0.3, -0.25) is 4.79 Å². The summed E-state index contributed by atoms with van der Waals surface area (Å²) in [6.45, 7) is 2.55. The zero-order valence-electron chi connectivity index (χ0n) is 11.9. The van der Waals surface area contributed by atoms with Crippen molar-refractivity contribution in [1.82, 2.24) is 10.2 Å². The number of amides is 1. The Labute approximate surface area is 133 Å². The second kappa shape index (κ2) is 6.44.